The first-order chi connectivity index (χ1) is 9.96. The standard InChI is InChI=1S/C13H19N3O4S/c1-4-5-14-12(19)8(2)21-13-15-9(6-10(17)16-13)7-11(18)20-3/h6,8H,4-5,7H2,1-3H3,(H,14,19)(H,15,16,17)/t8-/m1/s1. The molecular formula is C13H19N3O4S. The summed E-state index contributed by atoms with van der Waals surface area (Å²) >= 11 is 1.13. The van der Waals surface area contributed by atoms with Crippen molar-refractivity contribution in [2.45, 2.75) is 37.1 Å². The van der Waals surface area contributed by atoms with E-state index in [0.29, 0.717) is 17.4 Å². The number of ether oxygens (including phenoxy) is 1. The molecule has 1 aromatic rings. The molecule has 0 aliphatic heterocycles. The summed E-state index contributed by atoms with van der Waals surface area (Å²) < 4.78 is 4.54. The van der Waals surface area contributed by atoms with E-state index in [4.69, 9.17) is 0 Å². The van der Waals surface area contributed by atoms with Crippen LogP contribution in [0.2, 0.25) is 0 Å². The van der Waals surface area contributed by atoms with E-state index in [0.717, 1.165) is 18.2 Å². The number of H-pyrrole nitrogens is 1. The SMILES string of the molecule is CCCNC(=O)[C@@H](C)Sc1nc(CC(=O)OC)cc(=O)[nH]1. The number of methoxy groups -OCH3 is 1. The third-order valence-electron chi connectivity index (χ3n) is 2.53. The van der Waals surface area contributed by atoms with Gasteiger partial charge in [0, 0.05) is 12.6 Å². The molecule has 1 amide bonds. The zero-order valence-electron chi connectivity index (χ0n) is 12.3. The molecular weight excluding hydrogens is 294 g/mol. The highest BCUT2D eigenvalue weighted by atomic mass is 32.2. The number of aromatic amines is 1. The van der Waals surface area contributed by atoms with Crippen molar-refractivity contribution in [1.82, 2.24) is 15.3 Å². The molecule has 0 saturated heterocycles. The first-order valence-electron chi connectivity index (χ1n) is 6.57. The fraction of sp³-hybridized carbons (Fsp3) is 0.538. The van der Waals surface area contributed by atoms with Gasteiger partial charge in [-0.25, -0.2) is 4.98 Å². The fourth-order valence-corrected chi connectivity index (χ4v) is 2.32. The molecule has 0 aliphatic carbocycles. The van der Waals surface area contributed by atoms with Gasteiger partial charge in [-0.3, -0.25) is 14.4 Å². The topological polar surface area (TPSA) is 101 Å². The van der Waals surface area contributed by atoms with Crippen LogP contribution in [-0.4, -0.2) is 40.7 Å². The Kier molecular flexibility index (Phi) is 6.93. The van der Waals surface area contributed by atoms with Crippen molar-refractivity contribution in [3.63, 3.8) is 0 Å². The Morgan fingerprint density at radius 2 is 2.24 bits per heavy atom. The maximum absolute atomic E-state index is 11.8. The predicted octanol–water partition coefficient (Wildman–Crippen LogP) is 0.492. The summed E-state index contributed by atoms with van der Waals surface area (Å²) in [7, 11) is 1.27. The average molecular weight is 313 g/mol. The number of carbonyl (C=O) groups is 2. The van der Waals surface area contributed by atoms with Crippen molar-refractivity contribution in [3.05, 3.63) is 22.1 Å². The highest BCUT2D eigenvalue weighted by Crippen LogP contribution is 2.18. The van der Waals surface area contributed by atoms with Crippen LogP contribution in [0, 0.1) is 0 Å². The molecule has 0 saturated carbocycles. The molecule has 1 aromatic heterocycles. The summed E-state index contributed by atoms with van der Waals surface area (Å²) in [5.41, 5.74) is -0.0539. The molecule has 116 valence electrons. The molecule has 0 aliphatic rings. The molecule has 0 radical (unpaired) electrons. The maximum atomic E-state index is 11.8. The number of hydrogen-bond acceptors (Lipinski definition) is 6. The molecule has 21 heavy (non-hydrogen) atoms. The predicted molar refractivity (Wildman–Crippen MR) is 79.2 cm³/mol. The quantitative estimate of drug-likeness (QED) is 0.432. The monoisotopic (exact) mass is 313 g/mol. The number of nitrogens with one attached hydrogen (secondary N) is 2. The normalized spacial score (nSPS) is 11.8. The maximum Gasteiger partial charge on any atom is 0.311 e. The van der Waals surface area contributed by atoms with Gasteiger partial charge in [-0.05, 0) is 13.3 Å². The van der Waals surface area contributed by atoms with E-state index in [9.17, 15) is 14.4 Å². The van der Waals surface area contributed by atoms with Crippen LogP contribution in [0.5, 0.6) is 0 Å². The fourth-order valence-electron chi connectivity index (χ4n) is 1.46. The summed E-state index contributed by atoms with van der Waals surface area (Å²) in [6.45, 7) is 4.30. The average Bonchev–Trinajstić information content (AvgIpc) is 2.43. The van der Waals surface area contributed by atoms with Gasteiger partial charge in [0.05, 0.1) is 24.5 Å². The third-order valence-corrected chi connectivity index (χ3v) is 3.52. The van der Waals surface area contributed by atoms with Crippen LogP contribution in [0.3, 0.4) is 0 Å². The summed E-state index contributed by atoms with van der Waals surface area (Å²) in [6, 6.07) is 1.24. The second kappa shape index (κ2) is 8.46. The number of thioether (sulfide) groups is 1. The van der Waals surface area contributed by atoms with Crippen LogP contribution in [0.4, 0.5) is 0 Å². The molecule has 0 fully saturated rings. The van der Waals surface area contributed by atoms with Gasteiger partial charge in [-0.15, -0.1) is 0 Å². The molecule has 0 unspecified atom stereocenters. The van der Waals surface area contributed by atoms with E-state index in [1.165, 1.54) is 13.2 Å². The largest absolute Gasteiger partial charge is 0.469 e. The lowest BCUT2D eigenvalue weighted by Crippen LogP contribution is -2.31. The second-order valence-electron chi connectivity index (χ2n) is 4.35. The lowest BCUT2D eigenvalue weighted by atomic mass is 10.3. The number of hydrogen-bond donors (Lipinski definition) is 2. The van der Waals surface area contributed by atoms with Crippen molar-refractivity contribution in [2.75, 3.05) is 13.7 Å². The van der Waals surface area contributed by atoms with E-state index in [1.807, 2.05) is 6.92 Å². The van der Waals surface area contributed by atoms with Gasteiger partial charge < -0.3 is 15.0 Å². The second-order valence-corrected chi connectivity index (χ2v) is 5.68. The number of aromatic nitrogens is 2. The van der Waals surface area contributed by atoms with Crippen molar-refractivity contribution in [1.29, 1.82) is 0 Å². The lowest BCUT2D eigenvalue weighted by molar-refractivity contribution is -0.139. The Bertz CT molecular complexity index is 559. The first kappa shape index (κ1) is 17.2. The highest BCUT2D eigenvalue weighted by Gasteiger charge is 2.16. The molecule has 1 heterocycles. The number of rotatable bonds is 7. The molecule has 7 nitrogen and oxygen atoms in total. The number of nitrogens with zero attached hydrogens (tertiary/aromatic N) is 1. The molecule has 1 rings (SSSR count). The smallest absolute Gasteiger partial charge is 0.311 e. The Morgan fingerprint density at radius 3 is 2.86 bits per heavy atom. The van der Waals surface area contributed by atoms with Crippen LogP contribution in [0.15, 0.2) is 16.0 Å². The summed E-state index contributed by atoms with van der Waals surface area (Å²) in [5, 5.41) is 2.68. The van der Waals surface area contributed by atoms with E-state index >= 15 is 0 Å². The molecule has 1 atom stereocenters. The van der Waals surface area contributed by atoms with Gasteiger partial charge in [0.1, 0.15) is 0 Å². The van der Waals surface area contributed by atoms with E-state index in [2.05, 4.69) is 20.0 Å². The van der Waals surface area contributed by atoms with Gasteiger partial charge in [0.15, 0.2) is 5.16 Å². The number of amides is 1. The van der Waals surface area contributed by atoms with Crippen molar-refractivity contribution in [3.8, 4) is 0 Å². The van der Waals surface area contributed by atoms with Crippen LogP contribution in [0.25, 0.3) is 0 Å². The first-order valence-corrected chi connectivity index (χ1v) is 7.45. The Balaban J connectivity index is 2.76. The third kappa shape index (κ3) is 5.99. The van der Waals surface area contributed by atoms with Gasteiger partial charge in [-0.1, -0.05) is 18.7 Å². The molecule has 0 aromatic carbocycles. The summed E-state index contributed by atoms with van der Waals surface area (Å²) in [6.07, 6.45) is 0.775. The Hall–Kier alpha value is -1.83. The van der Waals surface area contributed by atoms with Gasteiger partial charge in [-0.2, -0.15) is 0 Å². The number of carbonyl (C=O) groups excluding carboxylic acids is 2. The zero-order chi connectivity index (χ0) is 15.8. The summed E-state index contributed by atoms with van der Waals surface area (Å²) in [5.74, 6) is -0.597. The van der Waals surface area contributed by atoms with Crippen molar-refractivity contribution >= 4 is 23.6 Å². The molecule has 0 bridgehead atoms. The van der Waals surface area contributed by atoms with Crippen LogP contribution < -0.4 is 10.9 Å². The van der Waals surface area contributed by atoms with Gasteiger partial charge >= 0.3 is 5.97 Å². The lowest BCUT2D eigenvalue weighted by Gasteiger charge is -2.11. The highest BCUT2D eigenvalue weighted by molar-refractivity contribution is 8.00. The minimum absolute atomic E-state index is 0.0790. The minimum Gasteiger partial charge on any atom is -0.469 e. The Labute approximate surface area is 126 Å². The summed E-state index contributed by atoms with van der Waals surface area (Å²) in [4.78, 5) is 41.2. The molecule has 2 N–H and O–H groups in total. The Morgan fingerprint density at radius 1 is 1.52 bits per heavy atom. The van der Waals surface area contributed by atoms with Crippen LogP contribution in [0.1, 0.15) is 26.0 Å². The van der Waals surface area contributed by atoms with Gasteiger partial charge in [0.25, 0.3) is 5.56 Å². The van der Waals surface area contributed by atoms with Crippen LogP contribution >= 0.6 is 11.8 Å². The van der Waals surface area contributed by atoms with E-state index in [-0.39, 0.29) is 17.9 Å². The van der Waals surface area contributed by atoms with E-state index < -0.39 is 11.2 Å². The molecule has 8 heteroatoms. The number of esters is 1. The zero-order valence-corrected chi connectivity index (χ0v) is 13.1. The van der Waals surface area contributed by atoms with Crippen molar-refractivity contribution in [2.24, 2.45) is 0 Å². The minimum atomic E-state index is -0.474. The van der Waals surface area contributed by atoms with Crippen molar-refractivity contribution < 1.29 is 14.3 Å². The van der Waals surface area contributed by atoms with E-state index in [1.54, 1.807) is 6.92 Å². The molecule has 0 spiro atoms. The van der Waals surface area contributed by atoms with Crippen LogP contribution in [-0.2, 0) is 20.7 Å². The van der Waals surface area contributed by atoms with Gasteiger partial charge in [0.2, 0.25) is 5.91 Å².